The second kappa shape index (κ2) is 8.96. The molecule has 1 amide bonds. The maximum Gasteiger partial charge on any atom is 0.351 e. The molecule has 142 valence electrons. The summed E-state index contributed by atoms with van der Waals surface area (Å²) in [5.74, 6) is -0.911. The Morgan fingerprint density at radius 2 is 1.89 bits per heavy atom. The first-order valence-electron chi connectivity index (χ1n) is 8.66. The van der Waals surface area contributed by atoms with Crippen LogP contribution in [-0.2, 0) is 20.7 Å². The van der Waals surface area contributed by atoms with Crippen LogP contribution in [0.25, 0.3) is 0 Å². The Morgan fingerprint density at radius 1 is 1.21 bits per heavy atom. The lowest BCUT2D eigenvalue weighted by Gasteiger charge is -2.18. The van der Waals surface area contributed by atoms with Gasteiger partial charge in [0, 0.05) is 10.7 Å². The lowest BCUT2D eigenvalue weighted by atomic mass is 10.1. The van der Waals surface area contributed by atoms with Gasteiger partial charge in [0.15, 0.2) is 5.57 Å². The molecule has 5 nitrogen and oxygen atoms in total. The van der Waals surface area contributed by atoms with Gasteiger partial charge >= 0.3 is 5.97 Å². The normalized spacial score (nSPS) is 18.0. The van der Waals surface area contributed by atoms with Gasteiger partial charge in [-0.05, 0) is 43.2 Å². The van der Waals surface area contributed by atoms with Crippen molar-refractivity contribution in [2.24, 2.45) is 0 Å². The van der Waals surface area contributed by atoms with Crippen LogP contribution in [0.1, 0.15) is 12.5 Å². The fourth-order valence-electron chi connectivity index (χ4n) is 2.82. The van der Waals surface area contributed by atoms with E-state index in [1.165, 1.54) is 16.7 Å². The summed E-state index contributed by atoms with van der Waals surface area (Å²) < 4.78 is 5.01. The van der Waals surface area contributed by atoms with Crippen LogP contribution in [0.5, 0.6) is 0 Å². The Hall–Kier alpha value is -2.75. The molecule has 28 heavy (non-hydrogen) atoms. The predicted molar refractivity (Wildman–Crippen MR) is 110 cm³/mol. The Kier molecular flexibility index (Phi) is 6.40. The molecule has 0 aliphatic carbocycles. The average Bonchev–Trinajstić information content (AvgIpc) is 3.01. The maximum absolute atomic E-state index is 13.2. The molecule has 1 aliphatic heterocycles. The minimum Gasteiger partial charge on any atom is -0.462 e. The first-order chi connectivity index (χ1) is 13.5. The van der Waals surface area contributed by atoms with Crippen molar-refractivity contribution >= 4 is 40.9 Å². The first kappa shape index (κ1) is 20.0. The van der Waals surface area contributed by atoms with Crippen molar-refractivity contribution in [3.05, 3.63) is 75.8 Å². The minimum absolute atomic E-state index is 0.148. The van der Waals surface area contributed by atoms with Crippen LogP contribution in [-0.4, -0.2) is 23.7 Å². The molecular formula is C21H17ClN2O3S. The Morgan fingerprint density at radius 3 is 2.50 bits per heavy atom. The highest BCUT2D eigenvalue weighted by Gasteiger charge is 2.41. The fourth-order valence-corrected chi connectivity index (χ4v) is 4.25. The summed E-state index contributed by atoms with van der Waals surface area (Å²) in [6, 6.07) is 18.1. The fraction of sp³-hybridized carbons (Fsp3) is 0.190. The number of esters is 1. The van der Waals surface area contributed by atoms with Crippen LogP contribution < -0.4 is 4.90 Å². The van der Waals surface area contributed by atoms with E-state index in [2.05, 4.69) is 0 Å². The van der Waals surface area contributed by atoms with Crippen LogP contribution in [0.3, 0.4) is 0 Å². The van der Waals surface area contributed by atoms with Crippen molar-refractivity contribution in [2.45, 2.75) is 18.6 Å². The van der Waals surface area contributed by atoms with E-state index in [4.69, 9.17) is 16.3 Å². The zero-order valence-corrected chi connectivity index (χ0v) is 16.7. The molecule has 1 aliphatic rings. The van der Waals surface area contributed by atoms with Crippen molar-refractivity contribution in [1.29, 1.82) is 5.26 Å². The molecule has 3 rings (SSSR count). The molecule has 0 N–H and O–H groups in total. The van der Waals surface area contributed by atoms with Crippen molar-refractivity contribution in [3.8, 4) is 6.07 Å². The number of hydrogen-bond acceptors (Lipinski definition) is 5. The number of hydrogen-bond donors (Lipinski definition) is 0. The van der Waals surface area contributed by atoms with Crippen LogP contribution >= 0.6 is 23.4 Å². The molecule has 2 aromatic rings. The third-order valence-electron chi connectivity index (χ3n) is 4.11. The van der Waals surface area contributed by atoms with Crippen molar-refractivity contribution in [3.63, 3.8) is 0 Å². The highest BCUT2D eigenvalue weighted by atomic mass is 35.5. The molecule has 0 spiro atoms. The predicted octanol–water partition coefficient (Wildman–Crippen LogP) is 4.33. The molecule has 2 aromatic carbocycles. The zero-order valence-electron chi connectivity index (χ0n) is 15.1. The van der Waals surface area contributed by atoms with E-state index in [9.17, 15) is 14.9 Å². The number of ether oxygens (including phenoxy) is 1. The highest BCUT2D eigenvalue weighted by Crippen LogP contribution is 2.42. The number of rotatable bonds is 5. The number of nitrogens with zero attached hydrogens (tertiary/aromatic N) is 2. The molecule has 0 radical (unpaired) electrons. The van der Waals surface area contributed by atoms with E-state index < -0.39 is 11.2 Å². The van der Waals surface area contributed by atoms with Crippen LogP contribution in [0.2, 0.25) is 5.02 Å². The lowest BCUT2D eigenvalue weighted by molar-refractivity contribution is -0.138. The second-order valence-corrected chi connectivity index (χ2v) is 7.59. The van der Waals surface area contributed by atoms with E-state index in [0.717, 1.165) is 5.56 Å². The Balaban J connectivity index is 2.01. The Bertz CT molecular complexity index is 952. The molecule has 1 saturated heterocycles. The first-order valence-corrected chi connectivity index (χ1v) is 9.92. The van der Waals surface area contributed by atoms with E-state index in [-0.39, 0.29) is 18.1 Å². The number of carbonyl (C=O) groups excluding carboxylic acids is 2. The second-order valence-electron chi connectivity index (χ2n) is 5.96. The summed E-state index contributed by atoms with van der Waals surface area (Å²) in [5, 5.41) is 10.0. The standard InChI is InChI=1S/C21H17ClN2O3S/c1-2-27-21(26)17(13-23)20-24(16-6-4-3-5-7-16)19(25)18(28-20)12-14-8-10-15(22)11-9-14/h3-11,18H,2,12H2,1H3/b20-17-/t18-/m0/s1. The van der Waals surface area contributed by atoms with E-state index >= 15 is 0 Å². The quantitative estimate of drug-likeness (QED) is 0.415. The summed E-state index contributed by atoms with van der Waals surface area (Å²) in [5.41, 5.74) is 1.38. The molecule has 1 fully saturated rings. The number of benzene rings is 2. The third-order valence-corrected chi connectivity index (χ3v) is 5.62. The molecule has 7 heteroatoms. The van der Waals surface area contributed by atoms with E-state index in [0.29, 0.717) is 22.2 Å². The molecular weight excluding hydrogens is 396 g/mol. The van der Waals surface area contributed by atoms with Crippen LogP contribution in [0.15, 0.2) is 65.2 Å². The highest BCUT2D eigenvalue weighted by molar-refractivity contribution is 8.05. The Labute approximate surface area is 172 Å². The topological polar surface area (TPSA) is 70.4 Å². The van der Waals surface area contributed by atoms with E-state index in [1.807, 2.05) is 24.3 Å². The molecule has 0 saturated carbocycles. The molecule has 0 unspecified atom stereocenters. The van der Waals surface area contributed by atoms with Gasteiger partial charge in [0.25, 0.3) is 0 Å². The van der Waals surface area contributed by atoms with Gasteiger partial charge in [0.05, 0.1) is 11.9 Å². The van der Waals surface area contributed by atoms with Gasteiger partial charge in [-0.15, -0.1) is 0 Å². The molecule has 0 aromatic heterocycles. The van der Waals surface area contributed by atoms with Crippen LogP contribution in [0.4, 0.5) is 5.69 Å². The number of nitriles is 1. The SMILES string of the molecule is CCOC(=O)/C(C#N)=C1\S[C@@H](Cc2ccc(Cl)cc2)C(=O)N1c1ccccc1. The summed E-state index contributed by atoms with van der Waals surface area (Å²) in [6.45, 7) is 1.82. The van der Waals surface area contributed by atoms with Gasteiger partial charge in [-0.3, -0.25) is 9.69 Å². The molecule has 1 heterocycles. The number of anilines is 1. The monoisotopic (exact) mass is 412 g/mol. The van der Waals surface area contributed by atoms with Gasteiger partial charge in [0.2, 0.25) is 5.91 Å². The van der Waals surface area contributed by atoms with E-state index in [1.54, 1.807) is 43.3 Å². The van der Waals surface area contributed by atoms with Gasteiger partial charge in [-0.2, -0.15) is 5.26 Å². The lowest BCUT2D eigenvalue weighted by Crippen LogP contribution is -2.30. The summed E-state index contributed by atoms with van der Waals surface area (Å²) in [6.07, 6.45) is 0.453. The molecule has 0 bridgehead atoms. The summed E-state index contributed by atoms with van der Waals surface area (Å²) in [4.78, 5) is 26.9. The van der Waals surface area contributed by atoms with Crippen molar-refractivity contribution in [1.82, 2.24) is 0 Å². The number of thioether (sulfide) groups is 1. The smallest absolute Gasteiger partial charge is 0.351 e. The van der Waals surface area contributed by atoms with Gasteiger partial charge in [-0.25, -0.2) is 4.79 Å². The number of amides is 1. The summed E-state index contributed by atoms with van der Waals surface area (Å²) >= 11 is 7.14. The summed E-state index contributed by atoms with van der Waals surface area (Å²) in [7, 11) is 0. The number of para-hydroxylation sites is 1. The minimum atomic E-state index is -0.728. The van der Waals surface area contributed by atoms with Gasteiger partial charge in [-0.1, -0.05) is 53.7 Å². The largest absolute Gasteiger partial charge is 0.462 e. The molecule has 1 atom stereocenters. The maximum atomic E-state index is 13.2. The van der Waals surface area contributed by atoms with Gasteiger partial charge in [0.1, 0.15) is 11.1 Å². The van der Waals surface area contributed by atoms with Crippen molar-refractivity contribution < 1.29 is 14.3 Å². The van der Waals surface area contributed by atoms with Crippen molar-refractivity contribution in [2.75, 3.05) is 11.5 Å². The third kappa shape index (κ3) is 4.22. The average molecular weight is 413 g/mol. The number of carbonyl (C=O) groups is 2. The van der Waals surface area contributed by atoms with Crippen LogP contribution in [0, 0.1) is 11.3 Å². The zero-order chi connectivity index (χ0) is 20.1. The van der Waals surface area contributed by atoms with Gasteiger partial charge < -0.3 is 4.74 Å². The number of halogens is 1.